The molecule has 1 aromatic carbocycles. The molecule has 2 heterocycles. The van der Waals surface area contributed by atoms with Crippen LogP contribution in [0, 0.1) is 0 Å². The van der Waals surface area contributed by atoms with Gasteiger partial charge >= 0.3 is 0 Å². The van der Waals surface area contributed by atoms with Crippen molar-refractivity contribution in [2.45, 2.75) is 32.4 Å². The summed E-state index contributed by atoms with van der Waals surface area (Å²) in [6.07, 6.45) is 4.26. The van der Waals surface area contributed by atoms with Gasteiger partial charge in [-0.2, -0.15) is 0 Å². The number of hydrogen-bond donors (Lipinski definition) is 1. The zero-order valence-corrected chi connectivity index (χ0v) is 17.2. The Kier molecular flexibility index (Phi) is 7.37. The molecule has 152 valence electrons. The van der Waals surface area contributed by atoms with Crippen LogP contribution < -0.4 is 10.1 Å². The predicted octanol–water partition coefficient (Wildman–Crippen LogP) is 3.52. The fourth-order valence-electron chi connectivity index (χ4n) is 3.72. The van der Waals surface area contributed by atoms with Gasteiger partial charge in [-0.25, -0.2) is 0 Å². The molecule has 1 aliphatic rings. The molecule has 1 aromatic heterocycles. The minimum atomic E-state index is 0.230. The molecular formula is C22H32N4O2. The molecule has 3 rings (SSSR count). The third-order valence-corrected chi connectivity index (χ3v) is 5.13. The first-order valence-electron chi connectivity index (χ1n) is 10.1. The molecule has 6 nitrogen and oxygen atoms in total. The second kappa shape index (κ2) is 10.2. The highest BCUT2D eigenvalue weighted by molar-refractivity contribution is 5.79. The summed E-state index contributed by atoms with van der Waals surface area (Å²) in [5.74, 6) is 2.80. The molecule has 0 radical (unpaired) electrons. The highest BCUT2D eigenvalue weighted by Crippen LogP contribution is 2.25. The summed E-state index contributed by atoms with van der Waals surface area (Å²) in [4.78, 5) is 9.10. The van der Waals surface area contributed by atoms with Crippen molar-refractivity contribution in [2.75, 3.05) is 40.3 Å². The molecule has 0 spiro atoms. The Morgan fingerprint density at radius 3 is 2.61 bits per heavy atom. The lowest BCUT2D eigenvalue weighted by atomic mass is 10.2. The molecule has 1 fully saturated rings. The van der Waals surface area contributed by atoms with E-state index in [0.29, 0.717) is 6.61 Å². The number of aliphatic imine (C=N–C) groups is 1. The van der Waals surface area contributed by atoms with Gasteiger partial charge in [-0.05, 0) is 62.7 Å². The van der Waals surface area contributed by atoms with E-state index in [-0.39, 0.29) is 6.04 Å². The summed E-state index contributed by atoms with van der Waals surface area (Å²) in [6.45, 7) is 6.47. The van der Waals surface area contributed by atoms with Crippen molar-refractivity contribution in [3.8, 4) is 5.75 Å². The van der Waals surface area contributed by atoms with Gasteiger partial charge in [-0.1, -0.05) is 12.1 Å². The monoisotopic (exact) mass is 384 g/mol. The Hall–Kier alpha value is -2.47. The fraction of sp³-hybridized carbons (Fsp3) is 0.500. The standard InChI is InChI=1S/C22H32N4O2/c1-4-27-19-11-9-18(10-12-19)17-25(3)22(23-2)24-16-20(21-8-7-15-28-21)26-13-5-6-14-26/h7-12,15,20H,4-6,13-14,16-17H2,1-3H3,(H,23,24). The molecule has 1 N–H and O–H groups in total. The summed E-state index contributed by atoms with van der Waals surface area (Å²) >= 11 is 0. The van der Waals surface area contributed by atoms with Crippen LogP contribution in [-0.4, -0.2) is 56.1 Å². The van der Waals surface area contributed by atoms with Crippen molar-refractivity contribution in [1.29, 1.82) is 0 Å². The summed E-state index contributed by atoms with van der Waals surface area (Å²) in [5.41, 5.74) is 1.22. The van der Waals surface area contributed by atoms with Crippen molar-refractivity contribution in [2.24, 2.45) is 4.99 Å². The molecule has 2 aromatic rings. The van der Waals surface area contributed by atoms with Crippen LogP contribution in [0.25, 0.3) is 0 Å². The summed E-state index contributed by atoms with van der Waals surface area (Å²) in [5, 5.41) is 3.54. The number of likely N-dealkylation sites (tertiary alicyclic amines) is 1. The molecule has 6 heteroatoms. The Morgan fingerprint density at radius 1 is 1.25 bits per heavy atom. The maximum atomic E-state index is 5.71. The normalized spacial score (nSPS) is 16.2. The summed E-state index contributed by atoms with van der Waals surface area (Å²) in [7, 11) is 3.89. The van der Waals surface area contributed by atoms with Gasteiger partial charge in [0.1, 0.15) is 11.5 Å². The van der Waals surface area contributed by atoms with E-state index < -0.39 is 0 Å². The van der Waals surface area contributed by atoms with Gasteiger partial charge in [0, 0.05) is 27.2 Å². The van der Waals surface area contributed by atoms with Crippen LogP contribution in [0.3, 0.4) is 0 Å². The van der Waals surface area contributed by atoms with E-state index in [2.05, 4.69) is 45.4 Å². The number of ether oxygens (including phenoxy) is 1. The van der Waals surface area contributed by atoms with Gasteiger partial charge in [0.25, 0.3) is 0 Å². The molecule has 28 heavy (non-hydrogen) atoms. The number of guanidine groups is 1. The van der Waals surface area contributed by atoms with Crippen molar-refractivity contribution >= 4 is 5.96 Å². The number of furan rings is 1. The average molecular weight is 385 g/mol. The first-order chi connectivity index (χ1) is 13.7. The van der Waals surface area contributed by atoms with E-state index in [4.69, 9.17) is 9.15 Å². The third kappa shape index (κ3) is 5.29. The predicted molar refractivity (Wildman–Crippen MR) is 113 cm³/mol. The van der Waals surface area contributed by atoms with Gasteiger partial charge in [0.05, 0.1) is 18.9 Å². The first kappa shape index (κ1) is 20.3. The maximum Gasteiger partial charge on any atom is 0.193 e. The fourth-order valence-corrected chi connectivity index (χ4v) is 3.72. The highest BCUT2D eigenvalue weighted by Gasteiger charge is 2.26. The molecule has 0 bridgehead atoms. The highest BCUT2D eigenvalue weighted by atomic mass is 16.5. The zero-order valence-electron chi connectivity index (χ0n) is 17.2. The SMILES string of the molecule is CCOc1ccc(CN(C)C(=NC)NCC(c2ccco2)N2CCCC2)cc1. The van der Waals surface area contributed by atoms with E-state index in [0.717, 1.165) is 43.6 Å². The lowest BCUT2D eigenvalue weighted by Gasteiger charge is -2.29. The van der Waals surface area contributed by atoms with E-state index in [1.54, 1.807) is 6.26 Å². The largest absolute Gasteiger partial charge is 0.494 e. The van der Waals surface area contributed by atoms with Crippen molar-refractivity contribution in [3.05, 3.63) is 54.0 Å². The van der Waals surface area contributed by atoms with Crippen molar-refractivity contribution in [1.82, 2.24) is 15.1 Å². The number of nitrogens with zero attached hydrogens (tertiary/aromatic N) is 3. The smallest absolute Gasteiger partial charge is 0.193 e. The Bertz CT molecular complexity index is 722. The number of nitrogens with one attached hydrogen (secondary N) is 1. The van der Waals surface area contributed by atoms with Gasteiger partial charge in [0.2, 0.25) is 0 Å². The van der Waals surface area contributed by atoms with E-state index in [1.165, 1.54) is 18.4 Å². The molecule has 1 saturated heterocycles. The minimum absolute atomic E-state index is 0.230. The van der Waals surface area contributed by atoms with Crippen LogP contribution in [0.1, 0.15) is 37.1 Å². The van der Waals surface area contributed by atoms with Crippen LogP contribution >= 0.6 is 0 Å². The second-order valence-corrected chi connectivity index (χ2v) is 7.14. The summed E-state index contributed by atoms with van der Waals surface area (Å²) < 4.78 is 11.2. The number of rotatable bonds is 8. The molecule has 0 aliphatic carbocycles. The number of hydrogen-bond acceptors (Lipinski definition) is 4. The van der Waals surface area contributed by atoms with Crippen LogP contribution in [0.15, 0.2) is 52.1 Å². The lowest BCUT2D eigenvalue weighted by Crippen LogP contribution is -2.43. The average Bonchev–Trinajstić information content (AvgIpc) is 3.41. The van der Waals surface area contributed by atoms with Gasteiger partial charge < -0.3 is 19.4 Å². The van der Waals surface area contributed by atoms with E-state index >= 15 is 0 Å². The van der Waals surface area contributed by atoms with Crippen LogP contribution in [0.4, 0.5) is 0 Å². The second-order valence-electron chi connectivity index (χ2n) is 7.14. The first-order valence-corrected chi connectivity index (χ1v) is 10.1. The van der Waals surface area contributed by atoms with Crippen LogP contribution in [-0.2, 0) is 6.54 Å². The van der Waals surface area contributed by atoms with Crippen LogP contribution in [0.5, 0.6) is 5.75 Å². The zero-order chi connectivity index (χ0) is 19.8. The molecule has 0 amide bonds. The Balaban J connectivity index is 1.59. The van der Waals surface area contributed by atoms with Gasteiger partial charge in [-0.15, -0.1) is 0 Å². The molecule has 0 saturated carbocycles. The summed E-state index contributed by atoms with van der Waals surface area (Å²) in [6, 6.07) is 12.5. The molecular weight excluding hydrogens is 352 g/mol. The Morgan fingerprint density at radius 2 is 2.00 bits per heavy atom. The van der Waals surface area contributed by atoms with Crippen molar-refractivity contribution in [3.63, 3.8) is 0 Å². The Labute approximate surface area is 168 Å². The van der Waals surface area contributed by atoms with Gasteiger partial charge in [0.15, 0.2) is 5.96 Å². The molecule has 1 aliphatic heterocycles. The van der Waals surface area contributed by atoms with E-state index in [1.807, 2.05) is 32.2 Å². The minimum Gasteiger partial charge on any atom is -0.494 e. The third-order valence-electron chi connectivity index (χ3n) is 5.13. The maximum absolute atomic E-state index is 5.71. The lowest BCUT2D eigenvalue weighted by molar-refractivity contribution is 0.214. The quantitative estimate of drug-likeness (QED) is 0.557. The topological polar surface area (TPSA) is 53.2 Å². The molecule has 1 atom stereocenters. The van der Waals surface area contributed by atoms with E-state index in [9.17, 15) is 0 Å². The number of benzene rings is 1. The van der Waals surface area contributed by atoms with Gasteiger partial charge in [-0.3, -0.25) is 9.89 Å². The van der Waals surface area contributed by atoms with Crippen molar-refractivity contribution < 1.29 is 9.15 Å². The molecule has 1 unspecified atom stereocenters. The van der Waals surface area contributed by atoms with Crippen LogP contribution in [0.2, 0.25) is 0 Å².